The van der Waals surface area contributed by atoms with Gasteiger partial charge >= 0.3 is 17.9 Å². The van der Waals surface area contributed by atoms with E-state index in [1.807, 2.05) is 4.90 Å². The lowest BCUT2D eigenvalue weighted by Crippen LogP contribution is -2.49. The smallest absolute Gasteiger partial charge is 0.369 e. The molecule has 0 radical (unpaired) electrons. The standard InChI is InChI=1S/C21H22F3N5O2/c22-21(23,24)15-4-3-5-16(14-15)28-12-10-27(11-13-28)9-8-25-19(30)29-18-7-2-1-6-17(18)26-20(29)31/h1-7,14H,8-13H2,(H,25,30)(H,26,31). The van der Waals surface area contributed by atoms with Gasteiger partial charge in [0, 0.05) is 45.0 Å². The molecule has 7 nitrogen and oxygen atoms in total. The van der Waals surface area contributed by atoms with E-state index in [1.165, 1.54) is 12.1 Å². The number of benzene rings is 2. The highest BCUT2D eigenvalue weighted by atomic mass is 19.4. The number of aromatic amines is 1. The lowest BCUT2D eigenvalue weighted by Gasteiger charge is -2.36. The number of anilines is 1. The van der Waals surface area contributed by atoms with Crippen LogP contribution in [0.15, 0.2) is 53.3 Å². The van der Waals surface area contributed by atoms with Crippen LogP contribution in [0.5, 0.6) is 0 Å². The van der Waals surface area contributed by atoms with Crippen molar-refractivity contribution in [3.05, 3.63) is 64.6 Å². The molecule has 1 aliphatic heterocycles. The van der Waals surface area contributed by atoms with Crippen LogP contribution in [0.1, 0.15) is 5.56 Å². The largest absolute Gasteiger partial charge is 0.416 e. The maximum absolute atomic E-state index is 12.9. The Labute approximate surface area is 176 Å². The van der Waals surface area contributed by atoms with Gasteiger partial charge in [-0.3, -0.25) is 4.90 Å². The summed E-state index contributed by atoms with van der Waals surface area (Å²) in [4.78, 5) is 31.2. The first kappa shape index (κ1) is 21.0. The fraction of sp³-hybridized carbons (Fsp3) is 0.333. The van der Waals surface area contributed by atoms with E-state index in [9.17, 15) is 22.8 Å². The van der Waals surface area contributed by atoms with Crippen LogP contribution in [0.4, 0.5) is 23.7 Å². The molecular formula is C21H22F3N5O2. The van der Waals surface area contributed by atoms with Crippen molar-refractivity contribution in [1.29, 1.82) is 0 Å². The molecule has 2 aromatic carbocycles. The Morgan fingerprint density at radius 1 is 1.03 bits per heavy atom. The van der Waals surface area contributed by atoms with Crippen LogP contribution in [-0.2, 0) is 6.18 Å². The number of fused-ring (bicyclic) bond motifs is 1. The average Bonchev–Trinajstić information content (AvgIpc) is 3.09. The van der Waals surface area contributed by atoms with Crippen molar-refractivity contribution in [2.24, 2.45) is 0 Å². The number of imidazole rings is 1. The molecule has 1 fully saturated rings. The average molecular weight is 433 g/mol. The zero-order valence-electron chi connectivity index (χ0n) is 16.7. The molecule has 1 amide bonds. The van der Waals surface area contributed by atoms with Gasteiger partial charge in [-0.2, -0.15) is 13.2 Å². The summed E-state index contributed by atoms with van der Waals surface area (Å²) in [5, 5.41) is 2.76. The highest BCUT2D eigenvalue weighted by Crippen LogP contribution is 2.31. The maximum atomic E-state index is 12.9. The summed E-state index contributed by atoms with van der Waals surface area (Å²) in [5.74, 6) is 0. The third kappa shape index (κ3) is 4.58. The number of H-pyrrole nitrogens is 1. The molecule has 2 N–H and O–H groups in total. The molecule has 2 heterocycles. The number of para-hydroxylation sites is 2. The van der Waals surface area contributed by atoms with Gasteiger partial charge in [-0.1, -0.05) is 18.2 Å². The topological polar surface area (TPSA) is 73.4 Å². The van der Waals surface area contributed by atoms with Crippen molar-refractivity contribution in [2.45, 2.75) is 6.18 Å². The molecule has 164 valence electrons. The second-order valence-electron chi connectivity index (χ2n) is 7.39. The Morgan fingerprint density at radius 2 is 1.77 bits per heavy atom. The van der Waals surface area contributed by atoms with E-state index in [1.54, 1.807) is 30.3 Å². The van der Waals surface area contributed by atoms with E-state index in [-0.39, 0.29) is 0 Å². The van der Waals surface area contributed by atoms with Crippen molar-refractivity contribution < 1.29 is 18.0 Å². The van der Waals surface area contributed by atoms with Crippen LogP contribution < -0.4 is 15.9 Å². The fourth-order valence-corrected chi connectivity index (χ4v) is 3.77. The monoisotopic (exact) mass is 433 g/mol. The zero-order valence-corrected chi connectivity index (χ0v) is 16.7. The van der Waals surface area contributed by atoms with Crippen molar-refractivity contribution in [3.8, 4) is 0 Å². The molecule has 1 saturated heterocycles. The molecule has 0 bridgehead atoms. The number of hydrogen-bond donors (Lipinski definition) is 2. The molecule has 1 aliphatic rings. The lowest BCUT2D eigenvalue weighted by molar-refractivity contribution is -0.137. The molecule has 0 unspecified atom stereocenters. The van der Waals surface area contributed by atoms with Crippen LogP contribution in [0, 0.1) is 0 Å². The second-order valence-corrected chi connectivity index (χ2v) is 7.39. The van der Waals surface area contributed by atoms with Gasteiger partial charge < -0.3 is 15.2 Å². The van der Waals surface area contributed by atoms with Crippen molar-refractivity contribution in [3.63, 3.8) is 0 Å². The summed E-state index contributed by atoms with van der Waals surface area (Å²) in [6, 6.07) is 11.8. The first-order chi connectivity index (χ1) is 14.8. The molecular weight excluding hydrogens is 411 g/mol. The van der Waals surface area contributed by atoms with Crippen LogP contribution in [0.2, 0.25) is 0 Å². The molecule has 0 aliphatic carbocycles. The van der Waals surface area contributed by atoms with E-state index in [4.69, 9.17) is 0 Å². The quantitative estimate of drug-likeness (QED) is 0.664. The number of nitrogens with one attached hydrogen (secondary N) is 2. The predicted molar refractivity (Wildman–Crippen MR) is 111 cm³/mol. The van der Waals surface area contributed by atoms with Gasteiger partial charge in [0.2, 0.25) is 0 Å². The van der Waals surface area contributed by atoms with E-state index in [2.05, 4.69) is 15.2 Å². The molecule has 1 aromatic heterocycles. The Hall–Kier alpha value is -3.27. The minimum absolute atomic E-state index is 0.355. The van der Waals surface area contributed by atoms with E-state index >= 15 is 0 Å². The summed E-state index contributed by atoms with van der Waals surface area (Å²) in [6.07, 6.45) is -4.36. The summed E-state index contributed by atoms with van der Waals surface area (Å²) in [7, 11) is 0. The molecule has 3 aromatic rings. The molecule has 31 heavy (non-hydrogen) atoms. The summed E-state index contributed by atoms with van der Waals surface area (Å²) >= 11 is 0. The number of halogens is 3. The third-order valence-corrected chi connectivity index (χ3v) is 5.41. The number of carbonyl (C=O) groups excluding carboxylic acids is 1. The number of carbonyl (C=O) groups is 1. The minimum Gasteiger partial charge on any atom is -0.369 e. The first-order valence-corrected chi connectivity index (χ1v) is 9.95. The number of rotatable bonds is 4. The summed E-state index contributed by atoms with van der Waals surface area (Å²) < 4.78 is 39.9. The second kappa shape index (κ2) is 8.46. The van der Waals surface area contributed by atoms with Crippen molar-refractivity contribution in [2.75, 3.05) is 44.2 Å². The van der Waals surface area contributed by atoms with E-state index < -0.39 is 23.5 Å². The molecule has 0 spiro atoms. The van der Waals surface area contributed by atoms with Crippen molar-refractivity contribution >= 4 is 22.8 Å². The number of alkyl halides is 3. The highest BCUT2D eigenvalue weighted by molar-refractivity contribution is 5.88. The van der Waals surface area contributed by atoms with E-state index in [0.29, 0.717) is 56.0 Å². The van der Waals surface area contributed by atoms with Gasteiger partial charge in [0.15, 0.2) is 0 Å². The normalized spacial score (nSPS) is 15.4. The Morgan fingerprint density at radius 3 is 2.52 bits per heavy atom. The summed E-state index contributed by atoms with van der Waals surface area (Å²) in [6.45, 7) is 3.46. The van der Waals surface area contributed by atoms with Gasteiger partial charge in [0.05, 0.1) is 16.6 Å². The fourth-order valence-electron chi connectivity index (χ4n) is 3.77. The number of aromatic nitrogens is 2. The number of nitrogens with zero attached hydrogens (tertiary/aromatic N) is 3. The molecule has 0 saturated carbocycles. The molecule has 4 rings (SSSR count). The number of amides is 1. The molecule has 10 heteroatoms. The van der Waals surface area contributed by atoms with Crippen LogP contribution >= 0.6 is 0 Å². The van der Waals surface area contributed by atoms with Crippen LogP contribution in [0.25, 0.3) is 11.0 Å². The highest BCUT2D eigenvalue weighted by Gasteiger charge is 2.31. The Bertz CT molecular complexity index is 1130. The first-order valence-electron chi connectivity index (χ1n) is 9.95. The lowest BCUT2D eigenvalue weighted by atomic mass is 10.1. The van der Waals surface area contributed by atoms with Gasteiger partial charge in [-0.15, -0.1) is 0 Å². The number of piperazine rings is 1. The zero-order chi connectivity index (χ0) is 22.0. The van der Waals surface area contributed by atoms with Gasteiger partial charge in [0.25, 0.3) is 0 Å². The maximum Gasteiger partial charge on any atom is 0.416 e. The van der Waals surface area contributed by atoms with E-state index in [0.717, 1.165) is 10.6 Å². The third-order valence-electron chi connectivity index (χ3n) is 5.41. The Kier molecular flexibility index (Phi) is 5.73. The summed E-state index contributed by atoms with van der Waals surface area (Å²) in [5.41, 5.74) is 0.519. The SMILES string of the molecule is O=C(NCCN1CCN(c2cccc(C(F)(F)F)c2)CC1)n1c(=O)[nH]c2ccccc21. The Balaban J connectivity index is 1.29. The van der Waals surface area contributed by atoms with Crippen molar-refractivity contribution in [1.82, 2.24) is 19.8 Å². The minimum atomic E-state index is -4.36. The predicted octanol–water partition coefficient (Wildman–Crippen LogP) is 2.73. The van der Waals surface area contributed by atoms with Gasteiger partial charge in [0.1, 0.15) is 0 Å². The number of hydrogen-bond acceptors (Lipinski definition) is 4. The molecule has 0 atom stereocenters. The van der Waals surface area contributed by atoms with Gasteiger partial charge in [-0.25, -0.2) is 14.2 Å². The van der Waals surface area contributed by atoms with Crippen LogP contribution in [-0.4, -0.2) is 59.8 Å². The van der Waals surface area contributed by atoms with Crippen LogP contribution in [0.3, 0.4) is 0 Å². The van der Waals surface area contributed by atoms with Gasteiger partial charge in [-0.05, 0) is 30.3 Å².